The summed E-state index contributed by atoms with van der Waals surface area (Å²) in [5.41, 5.74) is 1.86. The SMILES string of the molecule is O=C(NCc1n[nH]c2c1CCCCC2)c1cn2c(c(O)c1=O)C(=O)N1CCOC1C2. The Morgan fingerprint density at radius 1 is 1.30 bits per heavy atom. The molecule has 0 spiro atoms. The number of fused-ring (bicyclic) bond motifs is 3. The molecule has 158 valence electrons. The van der Waals surface area contributed by atoms with Gasteiger partial charge in [0.2, 0.25) is 5.43 Å². The van der Waals surface area contributed by atoms with E-state index in [2.05, 4.69) is 15.5 Å². The lowest BCUT2D eigenvalue weighted by Gasteiger charge is -2.31. The molecule has 10 heteroatoms. The number of rotatable bonds is 3. The number of hydrogen-bond acceptors (Lipinski definition) is 6. The standard InChI is InChI=1S/C20H23N5O5/c26-17-12(9-24-10-15-25(6-7-30-15)20(29)16(24)18(17)27)19(28)21-8-14-11-4-2-1-3-5-13(11)22-23-14/h9,15,27H,1-8,10H2,(H,21,28)(H,22,23). The van der Waals surface area contributed by atoms with Gasteiger partial charge in [-0.15, -0.1) is 0 Å². The summed E-state index contributed by atoms with van der Waals surface area (Å²) in [4.78, 5) is 39.5. The third-order valence-electron chi connectivity index (χ3n) is 6.12. The molecule has 2 aromatic rings. The summed E-state index contributed by atoms with van der Waals surface area (Å²) in [5.74, 6) is -1.78. The topological polar surface area (TPSA) is 130 Å². The lowest BCUT2D eigenvalue weighted by Crippen LogP contribution is -2.46. The van der Waals surface area contributed by atoms with Gasteiger partial charge in [0.1, 0.15) is 5.56 Å². The van der Waals surface area contributed by atoms with Gasteiger partial charge in [0.25, 0.3) is 11.8 Å². The molecule has 0 aromatic carbocycles. The van der Waals surface area contributed by atoms with Gasteiger partial charge in [0.15, 0.2) is 17.7 Å². The van der Waals surface area contributed by atoms with Gasteiger partial charge in [-0.05, 0) is 31.2 Å². The van der Waals surface area contributed by atoms with Crippen LogP contribution in [0.1, 0.15) is 57.1 Å². The zero-order chi connectivity index (χ0) is 20.8. The first-order valence-electron chi connectivity index (χ1n) is 10.3. The molecule has 1 saturated heterocycles. The molecule has 0 radical (unpaired) electrons. The minimum atomic E-state index is -0.855. The zero-order valence-corrected chi connectivity index (χ0v) is 16.4. The Bertz CT molecular complexity index is 1090. The smallest absolute Gasteiger partial charge is 0.276 e. The lowest BCUT2D eigenvalue weighted by molar-refractivity contribution is 0.00845. The van der Waals surface area contributed by atoms with E-state index in [1.807, 2.05) is 0 Å². The van der Waals surface area contributed by atoms with Gasteiger partial charge in [-0.1, -0.05) is 6.42 Å². The van der Waals surface area contributed by atoms with Gasteiger partial charge < -0.3 is 24.6 Å². The maximum atomic E-state index is 12.7. The second-order valence-electron chi connectivity index (χ2n) is 7.92. The molecule has 2 aliphatic heterocycles. The number of nitrogens with zero attached hydrogens (tertiary/aromatic N) is 3. The summed E-state index contributed by atoms with van der Waals surface area (Å²) in [5, 5.41) is 20.5. The molecule has 3 N–H and O–H groups in total. The molecule has 1 fully saturated rings. The fourth-order valence-corrected chi connectivity index (χ4v) is 4.52. The highest BCUT2D eigenvalue weighted by molar-refractivity contribution is 5.99. The molecule has 10 nitrogen and oxygen atoms in total. The molecule has 2 amide bonds. The molecule has 5 rings (SSSR count). The summed E-state index contributed by atoms with van der Waals surface area (Å²) in [6, 6.07) is 0. The van der Waals surface area contributed by atoms with Crippen LogP contribution in [0.2, 0.25) is 0 Å². The number of ether oxygens (including phenoxy) is 1. The predicted molar refractivity (Wildman–Crippen MR) is 104 cm³/mol. The van der Waals surface area contributed by atoms with Crippen LogP contribution in [0, 0.1) is 0 Å². The number of aryl methyl sites for hydroxylation is 1. The Kier molecular flexibility index (Phi) is 4.58. The maximum absolute atomic E-state index is 12.7. The Hall–Kier alpha value is -3.14. The molecular weight excluding hydrogens is 390 g/mol. The number of aromatic hydroxyl groups is 1. The molecule has 30 heavy (non-hydrogen) atoms. The minimum Gasteiger partial charge on any atom is -0.503 e. The van der Waals surface area contributed by atoms with Crippen LogP contribution in [-0.4, -0.2) is 56.0 Å². The summed E-state index contributed by atoms with van der Waals surface area (Å²) in [6.45, 7) is 1.25. The molecule has 0 bridgehead atoms. The number of amides is 2. The van der Waals surface area contributed by atoms with Gasteiger partial charge in [-0.2, -0.15) is 5.10 Å². The highest BCUT2D eigenvalue weighted by atomic mass is 16.5. The Morgan fingerprint density at radius 2 is 2.13 bits per heavy atom. The van der Waals surface area contributed by atoms with E-state index in [0.29, 0.717) is 13.2 Å². The molecule has 2 aromatic heterocycles. The van der Waals surface area contributed by atoms with Crippen LogP contribution >= 0.6 is 0 Å². The second-order valence-corrected chi connectivity index (χ2v) is 7.92. The van der Waals surface area contributed by atoms with Crippen molar-refractivity contribution in [3.63, 3.8) is 0 Å². The van der Waals surface area contributed by atoms with Crippen molar-refractivity contribution in [2.45, 2.75) is 51.4 Å². The van der Waals surface area contributed by atoms with Gasteiger partial charge in [0, 0.05) is 18.4 Å². The average Bonchev–Trinajstić information content (AvgIpc) is 3.29. The third-order valence-corrected chi connectivity index (χ3v) is 6.12. The summed E-state index contributed by atoms with van der Waals surface area (Å²) in [7, 11) is 0. The first-order chi connectivity index (χ1) is 14.5. The Morgan fingerprint density at radius 3 is 3.00 bits per heavy atom. The van der Waals surface area contributed by atoms with E-state index in [1.165, 1.54) is 22.1 Å². The van der Waals surface area contributed by atoms with Gasteiger partial charge in [0.05, 0.1) is 25.4 Å². The highest BCUT2D eigenvalue weighted by Gasteiger charge is 2.39. The van der Waals surface area contributed by atoms with Crippen LogP contribution in [0.25, 0.3) is 0 Å². The van der Waals surface area contributed by atoms with Gasteiger partial charge in [-0.3, -0.25) is 19.5 Å². The van der Waals surface area contributed by atoms with Crippen molar-refractivity contribution >= 4 is 11.8 Å². The Labute approximate surface area is 171 Å². The van der Waals surface area contributed by atoms with Crippen molar-refractivity contribution in [1.29, 1.82) is 0 Å². The van der Waals surface area contributed by atoms with Crippen LogP contribution in [0.15, 0.2) is 11.0 Å². The van der Waals surface area contributed by atoms with Crippen LogP contribution in [0.5, 0.6) is 5.75 Å². The fraction of sp³-hybridized carbons (Fsp3) is 0.500. The maximum Gasteiger partial charge on any atom is 0.276 e. The van der Waals surface area contributed by atoms with Gasteiger partial charge >= 0.3 is 0 Å². The average molecular weight is 413 g/mol. The molecule has 1 atom stereocenters. The quantitative estimate of drug-likeness (QED) is 0.620. The molecule has 1 aliphatic carbocycles. The van der Waals surface area contributed by atoms with Crippen molar-refractivity contribution in [2.75, 3.05) is 13.2 Å². The van der Waals surface area contributed by atoms with E-state index < -0.39 is 29.2 Å². The molecule has 4 heterocycles. The van der Waals surface area contributed by atoms with E-state index in [-0.39, 0.29) is 24.3 Å². The highest BCUT2D eigenvalue weighted by Crippen LogP contribution is 2.26. The largest absolute Gasteiger partial charge is 0.503 e. The van der Waals surface area contributed by atoms with Crippen LogP contribution in [0.3, 0.4) is 0 Å². The van der Waals surface area contributed by atoms with Crippen molar-refractivity contribution in [1.82, 2.24) is 25.0 Å². The number of carbonyl (C=O) groups is 2. The summed E-state index contributed by atoms with van der Waals surface area (Å²) < 4.78 is 6.96. The van der Waals surface area contributed by atoms with Crippen molar-refractivity contribution in [2.24, 2.45) is 0 Å². The predicted octanol–water partition coefficient (Wildman–Crippen LogP) is 0.288. The minimum absolute atomic E-state index is 0.101. The van der Waals surface area contributed by atoms with Crippen LogP contribution < -0.4 is 10.7 Å². The van der Waals surface area contributed by atoms with Crippen LogP contribution in [-0.2, 0) is 30.7 Å². The van der Waals surface area contributed by atoms with Crippen molar-refractivity contribution < 1.29 is 19.4 Å². The summed E-state index contributed by atoms with van der Waals surface area (Å²) >= 11 is 0. The Balaban J connectivity index is 1.39. The monoisotopic (exact) mass is 413 g/mol. The first kappa shape index (κ1) is 18.9. The molecule has 0 saturated carbocycles. The number of aromatic amines is 1. The molecule has 3 aliphatic rings. The number of H-pyrrole nitrogens is 1. The van der Waals surface area contributed by atoms with Crippen LogP contribution in [0.4, 0.5) is 0 Å². The number of pyridine rings is 1. The van der Waals surface area contributed by atoms with Gasteiger partial charge in [-0.25, -0.2) is 0 Å². The number of aromatic nitrogens is 3. The van der Waals surface area contributed by atoms with E-state index >= 15 is 0 Å². The number of hydrogen-bond donors (Lipinski definition) is 3. The normalized spacial score (nSPS) is 20.3. The summed E-state index contributed by atoms with van der Waals surface area (Å²) in [6.07, 6.45) is 6.11. The third kappa shape index (κ3) is 2.98. The van der Waals surface area contributed by atoms with Crippen molar-refractivity contribution in [3.8, 4) is 5.75 Å². The van der Waals surface area contributed by atoms with E-state index in [4.69, 9.17) is 4.74 Å². The molecule has 1 unspecified atom stereocenters. The van der Waals surface area contributed by atoms with E-state index in [9.17, 15) is 19.5 Å². The van der Waals surface area contributed by atoms with Crippen molar-refractivity contribution in [3.05, 3.63) is 44.6 Å². The number of carbonyl (C=O) groups excluding carboxylic acids is 2. The van der Waals surface area contributed by atoms with E-state index in [0.717, 1.165) is 42.6 Å². The zero-order valence-electron chi connectivity index (χ0n) is 16.4. The number of nitrogens with one attached hydrogen (secondary N) is 2. The van der Waals surface area contributed by atoms with E-state index in [1.54, 1.807) is 0 Å². The second kappa shape index (κ2) is 7.28. The first-order valence-corrected chi connectivity index (χ1v) is 10.3. The molecular formula is C20H23N5O5. The lowest BCUT2D eigenvalue weighted by atomic mass is 10.1. The fourth-order valence-electron chi connectivity index (χ4n) is 4.52.